The molecule has 2 rings (SSSR count). The topological polar surface area (TPSA) is 35.6 Å². The molecule has 0 aliphatic carbocycles. The van der Waals surface area contributed by atoms with Crippen molar-refractivity contribution >= 4 is 23.2 Å². The molecule has 4 nitrogen and oxygen atoms in total. The lowest BCUT2D eigenvalue weighted by Gasteiger charge is -2.33. The van der Waals surface area contributed by atoms with Gasteiger partial charge in [-0.25, -0.2) is 0 Å². The number of halogens is 1. The van der Waals surface area contributed by atoms with Gasteiger partial charge < -0.3 is 10.2 Å². The maximum atomic E-state index is 12.1. The fourth-order valence-corrected chi connectivity index (χ4v) is 2.65. The molecule has 5 heteroatoms. The van der Waals surface area contributed by atoms with Gasteiger partial charge in [-0.15, -0.1) is 0 Å². The smallest absolute Gasteiger partial charge is 0.238 e. The molecule has 1 aromatic carbocycles. The molecular formula is C15H22ClN3O. The van der Waals surface area contributed by atoms with E-state index in [1.165, 1.54) is 0 Å². The Morgan fingerprint density at radius 1 is 1.25 bits per heavy atom. The average molecular weight is 296 g/mol. The molecule has 0 saturated carbocycles. The molecule has 1 aliphatic rings. The molecule has 0 radical (unpaired) electrons. The van der Waals surface area contributed by atoms with Gasteiger partial charge in [0, 0.05) is 36.9 Å². The molecule has 0 unspecified atom stereocenters. The maximum absolute atomic E-state index is 12.1. The standard InChI is InChI=1S/C15H22ClN3O/c1-3-18-6-8-19(9-7-18)11-15(20)17-14-5-4-13(16)10-12(14)2/h4-5,10H,3,6-9,11H2,1-2H3,(H,17,20). The van der Waals surface area contributed by atoms with Crippen LogP contribution in [0.3, 0.4) is 0 Å². The summed E-state index contributed by atoms with van der Waals surface area (Å²) >= 11 is 5.91. The second-order valence-corrected chi connectivity index (χ2v) is 5.65. The van der Waals surface area contributed by atoms with Crippen molar-refractivity contribution in [1.82, 2.24) is 9.80 Å². The van der Waals surface area contributed by atoms with Crippen LogP contribution in [0.25, 0.3) is 0 Å². The molecular weight excluding hydrogens is 274 g/mol. The van der Waals surface area contributed by atoms with Crippen LogP contribution in [0.15, 0.2) is 18.2 Å². The molecule has 110 valence electrons. The van der Waals surface area contributed by atoms with Gasteiger partial charge in [0.15, 0.2) is 0 Å². The van der Waals surface area contributed by atoms with Crippen LogP contribution in [0, 0.1) is 6.92 Å². The molecule has 0 aromatic heterocycles. The molecule has 0 atom stereocenters. The molecule has 1 fully saturated rings. The number of hydrogen-bond donors (Lipinski definition) is 1. The number of rotatable bonds is 4. The first-order valence-corrected chi connectivity index (χ1v) is 7.47. The van der Waals surface area contributed by atoms with E-state index < -0.39 is 0 Å². The predicted molar refractivity (Wildman–Crippen MR) is 83.4 cm³/mol. The molecule has 20 heavy (non-hydrogen) atoms. The average Bonchev–Trinajstić information content (AvgIpc) is 2.43. The Morgan fingerprint density at radius 2 is 1.90 bits per heavy atom. The van der Waals surface area contributed by atoms with Crippen LogP contribution in [0.5, 0.6) is 0 Å². The van der Waals surface area contributed by atoms with E-state index in [0.29, 0.717) is 11.6 Å². The summed E-state index contributed by atoms with van der Waals surface area (Å²) in [5.41, 5.74) is 1.83. The first-order chi connectivity index (χ1) is 9.58. The van der Waals surface area contributed by atoms with Crippen LogP contribution in [0.2, 0.25) is 5.02 Å². The summed E-state index contributed by atoms with van der Waals surface area (Å²) in [6.45, 7) is 9.67. The zero-order chi connectivity index (χ0) is 14.5. The van der Waals surface area contributed by atoms with Crippen LogP contribution in [0.4, 0.5) is 5.69 Å². The minimum Gasteiger partial charge on any atom is -0.325 e. The highest BCUT2D eigenvalue weighted by atomic mass is 35.5. The van der Waals surface area contributed by atoms with Crippen molar-refractivity contribution in [2.75, 3.05) is 44.6 Å². The van der Waals surface area contributed by atoms with Crippen LogP contribution in [0.1, 0.15) is 12.5 Å². The first kappa shape index (κ1) is 15.3. The summed E-state index contributed by atoms with van der Waals surface area (Å²) in [5, 5.41) is 3.65. The minimum absolute atomic E-state index is 0.0420. The minimum atomic E-state index is 0.0420. The van der Waals surface area contributed by atoms with Crippen LogP contribution in [-0.2, 0) is 4.79 Å². The van der Waals surface area contributed by atoms with E-state index in [1.54, 1.807) is 6.07 Å². The van der Waals surface area contributed by atoms with Gasteiger partial charge in [0.05, 0.1) is 6.54 Å². The number of anilines is 1. The van der Waals surface area contributed by atoms with E-state index in [4.69, 9.17) is 11.6 Å². The van der Waals surface area contributed by atoms with Gasteiger partial charge in [0.2, 0.25) is 5.91 Å². The van der Waals surface area contributed by atoms with Gasteiger partial charge >= 0.3 is 0 Å². The third-order valence-corrected chi connectivity index (χ3v) is 3.98. The van der Waals surface area contributed by atoms with Crippen molar-refractivity contribution < 1.29 is 4.79 Å². The van der Waals surface area contributed by atoms with E-state index in [-0.39, 0.29) is 5.91 Å². The molecule has 1 amide bonds. The molecule has 1 aliphatic heterocycles. The Bertz CT molecular complexity index is 470. The van der Waals surface area contributed by atoms with E-state index in [2.05, 4.69) is 22.0 Å². The van der Waals surface area contributed by atoms with E-state index in [9.17, 15) is 4.79 Å². The number of carbonyl (C=O) groups is 1. The van der Waals surface area contributed by atoms with Crippen molar-refractivity contribution in [1.29, 1.82) is 0 Å². The van der Waals surface area contributed by atoms with Crippen LogP contribution < -0.4 is 5.32 Å². The summed E-state index contributed by atoms with van der Waals surface area (Å²) in [6, 6.07) is 5.51. The number of benzene rings is 1. The SMILES string of the molecule is CCN1CCN(CC(=O)Nc2ccc(Cl)cc2C)CC1. The third-order valence-electron chi connectivity index (χ3n) is 3.74. The zero-order valence-electron chi connectivity index (χ0n) is 12.2. The monoisotopic (exact) mass is 295 g/mol. The molecule has 1 N–H and O–H groups in total. The van der Waals surface area contributed by atoms with Gasteiger partial charge in [-0.05, 0) is 37.2 Å². The van der Waals surface area contributed by atoms with E-state index in [1.807, 2.05) is 19.1 Å². The fourth-order valence-electron chi connectivity index (χ4n) is 2.42. The molecule has 0 bridgehead atoms. The van der Waals surface area contributed by atoms with Gasteiger partial charge in [-0.2, -0.15) is 0 Å². The van der Waals surface area contributed by atoms with Crippen molar-refractivity contribution in [3.63, 3.8) is 0 Å². The van der Waals surface area contributed by atoms with Crippen molar-refractivity contribution in [3.8, 4) is 0 Å². The molecule has 0 spiro atoms. The van der Waals surface area contributed by atoms with Gasteiger partial charge in [-0.3, -0.25) is 9.69 Å². The highest BCUT2D eigenvalue weighted by Gasteiger charge is 2.17. The Labute approximate surface area is 125 Å². The number of carbonyl (C=O) groups excluding carboxylic acids is 1. The Hall–Kier alpha value is -1.10. The first-order valence-electron chi connectivity index (χ1n) is 7.09. The predicted octanol–water partition coefficient (Wildman–Crippen LogP) is 2.22. The van der Waals surface area contributed by atoms with Crippen molar-refractivity contribution in [2.45, 2.75) is 13.8 Å². The largest absolute Gasteiger partial charge is 0.325 e. The number of hydrogen-bond acceptors (Lipinski definition) is 3. The Kier molecular flexibility index (Phi) is 5.40. The Morgan fingerprint density at radius 3 is 2.50 bits per heavy atom. The number of amides is 1. The van der Waals surface area contributed by atoms with Gasteiger partial charge in [0.25, 0.3) is 0 Å². The second kappa shape index (κ2) is 7.07. The normalized spacial score (nSPS) is 17.1. The Balaban J connectivity index is 1.84. The molecule has 1 aromatic rings. The van der Waals surface area contributed by atoms with Crippen molar-refractivity contribution in [2.24, 2.45) is 0 Å². The number of nitrogens with zero attached hydrogens (tertiary/aromatic N) is 2. The van der Waals surface area contributed by atoms with Crippen molar-refractivity contribution in [3.05, 3.63) is 28.8 Å². The summed E-state index contributed by atoms with van der Waals surface area (Å²) in [5.74, 6) is 0.0420. The summed E-state index contributed by atoms with van der Waals surface area (Å²) in [7, 11) is 0. The summed E-state index contributed by atoms with van der Waals surface area (Å²) in [4.78, 5) is 16.7. The van der Waals surface area contributed by atoms with Crippen LogP contribution >= 0.6 is 11.6 Å². The molecule has 1 saturated heterocycles. The van der Waals surface area contributed by atoms with E-state index >= 15 is 0 Å². The maximum Gasteiger partial charge on any atom is 0.238 e. The number of nitrogens with one attached hydrogen (secondary N) is 1. The number of aryl methyl sites for hydroxylation is 1. The summed E-state index contributed by atoms with van der Waals surface area (Å²) < 4.78 is 0. The summed E-state index contributed by atoms with van der Waals surface area (Å²) in [6.07, 6.45) is 0. The molecule has 1 heterocycles. The lowest BCUT2D eigenvalue weighted by Crippen LogP contribution is -2.48. The quantitative estimate of drug-likeness (QED) is 0.925. The second-order valence-electron chi connectivity index (χ2n) is 5.22. The van der Waals surface area contributed by atoms with Gasteiger partial charge in [0.1, 0.15) is 0 Å². The highest BCUT2D eigenvalue weighted by molar-refractivity contribution is 6.30. The van der Waals surface area contributed by atoms with Gasteiger partial charge in [-0.1, -0.05) is 18.5 Å². The number of piperazine rings is 1. The van der Waals surface area contributed by atoms with E-state index in [0.717, 1.165) is 44.0 Å². The fraction of sp³-hybridized carbons (Fsp3) is 0.533. The number of likely N-dealkylation sites (N-methyl/N-ethyl adjacent to an activating group) is 1. The highest BCUT2D eigenvalue weighted by Crippen LogP contribution is 2.19. The third kappa shape index (κ3) is 4.20. The zero-order valence-corrected chi connectivity index (χ0v) is 12.9. The van der Waals surface area contributed by atoms with Crippen LogP contribution in [-0.4, -0.2) is 55.0 Å². The lowest BCUT2D eigenvalue weighted by atomic mass is 10.2. The lowest BCUT2D eigenvalue weighted by molar-refractivity contribution is -0.117.